The molecule has 0 N–H and O–H groups in total. The normalized spacial score (nSPS) is 10.9. The summed E-state index contributed by atoms with van der Waals surface area (Å²) < 4.78 is 1.92. The number of anilines is 1. The zero-order chi connectivity index (χ0) is 14.7. The van der Waals surface area contributed by atoms with Crippen molar-refractivity contribution < 1.29 is 0 Å². The number of aromatic nitrogens is 2. The van der Waals surface area contributed by atoms with Crippen LogP contribution in [0.3, 0.4) is 0 Å². The number of rotatable bonds is 4. The van der Waals surface area contributed by atoms with Crippen molar-refractivity contribution in [2.24, 2.45) is 0 Å². The van der Waals surface area contributed by atoms with Crippen LogP contribution >= 0.6 is 31.9 Å². The van der Waals surface area contributed by atoms with Crippen LogP contribution in [0.2, 0.25) is 0 Å². The molecule has 1 heterocycles. The van der Waals surface area contributed by atoms with Crippen molar-refractivity contribution in [2.45, 2.75) is 26.3 Å². The largest absolute Gasteiger partial charge is 0.355 e. The van der Waals surface area contributed by atoms with Gasteiger partial charge in [0.2, 0.25) is 0 Å². The summed E-state index contributed by atoms with van der Waals surface area (Å²) in [6, 6.07) is 10.3. The average molecular weight is 399 g/mol. The van der Waals surface area contributed by atoms with Crippen LogP contribution in [-0.4, -0.2) is 17.0 Å². The summed E-state index contributed by atoms with van der Waals surface area (Å²) in [4.78, 5) is 11.2. The van der Waals surface area contributed by atoms with Gasteiger partial charge in [0.25, 0.3) is 0 Å². The fraction of sp³-hybridized carbons (Fsp3) is 0.333. The third-order valence-electron chi connectivity index (χ3n) is 2.94. The Bertz CT molecular complexity index is 582. The van der Waals surface area contributed by atoms with Crippen LogP contribution in [0.4, 0.5) is 5.82 Å². The summed E-state index contributed by atoms with van der Waals surface area (Å²) in [5, 5.41) is 0. The van der Waals surface area contributed by atoms with Crippen molar-refractivity contribution in [1.82, 2.24) is 9.97 Å². The summed E-state index contributed by atoms with van der Waals surface area (Å²) in [6.07, 6.45) is 0. The average Bonchev–Trinajstić information content (AvgIpc) is 2.40. The third-order valence-corrected chi connectivity index (χ3v) is 3.87. The van der Waals surface area contributed by atoms with Crippen LogP contribution in [0, 0.1) is 0 Å². The highest BCUT2D eigenvalue weighted by atomic mass is 79.9. The standard InChI is InChI=1S/C15H17Br2N3/c1-10(2)15-18-13(17)8-14(19-15)20(3)9-11-4-6-12(16)7-5-11/h4-8,10H,9H2,1-3H3. The van der Waals surface area contributed by atoms with Crippen molar-refractivity contribution in [3.63, 3.8) is 0 Å². The molecule has 0 atom stereocenters. The molecule has 20 heavy (non-hydrogen) atoms. The molecule has 0 aliphatic rings. The first kappa shape index (κ1) is 15.4. The van der Waals surface area contributed by atoms with E-state index in [9.17, 15) is 0 Å². The Balaban J connectivity index is 2.20. The number of hydrogen-bond acceptors (Lipinski definition) is 3. The molecule has 0 spiro atoms. The smallest absolute Gasteiger partial charge is 0.134 e. The molecule has 5 heteroatoms. The van der Waals surface area contributed by atoms with E-state index >= 15 is 0 Å². The Morgan fingerprint density at radius 2 is 1.75 bits per heavy atom. The quantitative estimate of drug-likeness (QED) is 0.695. The fourth-order valence-corrected chi connectivity index (χ4v) is 2.47. The second-order valence-electron chi connectivity index (χ2n) is 5.04. The topological polar surface area (TPSA) is 29.0 Å². The van der Waals surface area contributed by atoms with Gasteiger partial charge in [-0.3, -0.25) is 0 Å². The van der Waals surface area contributed by atoms with Gasteiger partial charge in [0.05, 0.1) is 0 Å². The lowest BCUT2D eigenvalue weighted by molar-refractivity contribution is 0.757. The van der Waals surface area contributed by atoms with E-state index in [1.807, 2.05) is 13.1 Å². The summed E-state index contributed by atoms with van der Waals surface area (Å²) in [7, 11) is 2.04. The second kappa shape index (κ2) is 6.68. The predicted molar refractivity (Wildman–Crippen MR) is 90.1 cm³/mol. The maximum absolute atomic E-state index is 4.62. The van der Waals surface area contributed by atoms with Crippen molar-refractivity contribution >= 4 is 37.7 Å². The van der Waals surface area contributed by atoms with Crippen LogP contribution in [0.1, 0.15) is 31.2 Å². The maximum atomic E-state index is 4.62. The van der Waals surface area contributed by atoms with Crippen molar-refractivity contribution in [3.05, 3.63) is 50.8 Å². The van der Waals surface area contributed by atoms with Gasteiger partial charge < -0.3 is 4.90 Å². The SMILES string of the molecule is CC(C)c1nc(Br)cc(N(C)Cc2ccc(Br)cc2)n1. The number of nitrogens with zero attached hydrogens (tertiary/aromatic N) is 3. The van der Waals surface area contributed by atoms with E-state index < -0.39 is 0 Å². The molecule has 0 saturated carbocycles. The highest BCUT2D eigenvalue weighted by Crippen LogP contribution is 2.21. The molecular weight excluding hydrogens is 382 g/mol. The van der Waals surface area contributed by atoms with Crippen LogP contribution in [0.25, 0.3) is 0 Å². The lowest BCUT2D eigenvalue weighted by Crippen LogP contribution is -2.19. The van der Waals surface area contributed by atoms with Crippen molar-refractivity contribution in [2.75, 3.05) is 11.9 Å². The summed E-state index contributed by atoms with van der Waals surface area (Å²) in [5.41, 5.74) is 1.25. The number of benzene rings is 1. The Morgan fingerprint density at radius 1 is 1.10 bits per heavy atom. The van der Waals surface area contributed by atoms with Crippen molar-refractivity contribution in [3.8, 4) is 0 Å². The summed E-state index contributed by atoms with van der Waals surface area (Å²) in [6.45, 7) is 5.01. The first-order valence-electron chi connectivity index (χ1n) is 6.46. The van der Waals surface area contributed by atoms with E-state index in [0.29, 0.717) is 5.92 Å². The lowest BCUT2D eigenvalue weighted by atomic mass is 10.2. The molecule has 1 aromatic heterocycles. The monoisotopic (exact) mass is 397 g/mol. The molecule has 2 aromatic rings. The summed E-state index contributed by atoms with van der Waals surface area (Å²) in [5.74, 6) is 2.10. The van der Waals surface area contributed by atoms with Gasteiger partial charge in [-0.05, 0) is 33.6 Å². The number of halogens is 2. The van der Waals surface area contributed by atoms with Gasteiger partial charge in [0.15, 0.2) is 0 Å². The molecule has 0 aliphatic heterocycles. The van der Waals surface area contributed by atoms with Crippen LogP contribution in [-0.2, 0) is 6.54 Å². The zero-order valence-electron chi connectivity index (χ0n) is 11.8. The summed E-state index contributed by atoms with van der Waals surface area (Å²) >= 11 is 6.91. The maximum Gasteiger partial charge on any atom is 0.134 e. The Kier molecular flexibility index (Phi) is 5.16. The van der Waals surface area contributed by atoms with Gasteiger partial charge in [-0.15, -0.1) is 0 Å². The molecule has 0 radical (unpaired) electrons. The van der Waals surface area contributed by atoms with Gasteiger partial charge >= 0.3 is 0 Å². The molecular formula is C15H17Br2N3. The van der Waals surface area contributed by atoms with Gasteiger partial charge in [-0.2, -0.15) is 0 Å². The molecule has 2 rings (SSSR count). The Hall–Kier alpha value is -0.940. The van der Waals surface area contributed by atoms with Crippen LogP contribution < -0.4 is 4.90 Å². The zero-order valence-corrected chi connectivity index (χ0v) is 14.9. The molecule has 0 fully saturated rings. The molecule has 1 aromatic carbocycles. The van der Waals surface area contributed by atoms with E-state index in [0.717, 1.165) is 27.3 Å². The van der Waals surface area contributed by atoms with Gasteiger partial charge in [-0.1, -0.05) is 41.9 Å². The third kappa shape index (κ3) is 4.03. The van der Waals surface area contributed by atoms with E-state index in [-0.39, 0.29) is 0 Å². The van der Waals surface area contributed by atoms with Crippen molar-refractivity contribution in [1.29, 1.82) is 0 Å². The first-order chi connectivity index (χ1) is 9.45. The van der Waals surface area contributed by atoms with Gasteiger partial charge in [0.1, 0.15) is 16.2 Å². The van der Waals surface area contributed by atoms with Crippen LogP contribution in [0.5, 0.6) is 0 Å². The predicted octanol–water partition coefficient (Wildman–Crippen LogP) is 4.76. The minimum atomic E-state index is 0.312. The van der Waals surface area contributed by atoms with Gasteiger partial charge in [0, 0.05) is 30.0 Å². The number of hydrogen-bond donors (Lipinski definition) is 0. The Labute approximate surface area is 136 Å². The molecule has 0 bridgehead atoms. The second-order valence-corrected chi connectivity index (χ2v) is 6.77. The van der Waals surface area contributed by atoms with E-state index in [4.69, 9.17) is 0 Å². The highest BCUT2D eigenvalue weighted by molar-refractivity contribution is 9.10. The van der Waals surface area contributed by atoms with E-state index in [1.54, 1.807) is 0 Å². The minimum Gasteiger partial charge on any atom is -0.355 e. The van der Waals surface area contributed by atoms with Gasteiger partial charge in [-0.25, -0.2) is 9.97 Å². The van der Waals surface area contributed by atoms with E-state index in [2.05, 4.69) is 84.8 Å². The molecule has 0 unspecified atom stereocenters. The highest BCUT2D eigenvalue weighted by Gasteiger charge is 2.10. The Morgan fingerprint density at radius 3 is 2.35 bits per heavy atom. The fourth-order valence-electron chi connectivity index (χ4n) is 1.82. The first-order valence-corrected chi connectivity index (χ1v) is 8.04. The van der Waals surface area contributed by atoms with Crippen LogP contribution in [0.15, 0.2) is 39.4 Å². The molecule has 3 nitrogen and oxygen atoms in total. The minimum absolute atomic E-state index is 0.312. The molecule has 0 amide bonds. The lowest BCUT2D eigenvalue weighted by Gasteiger charge is -2.19. The molecule has 106 valence electrons. The molecule has 0 saturated heterocycles. The molecule has 0 aliphatic carbocycles. The van der Waals surface area contributed by atoms with E-state index in [1.165, 1.54) is 5.56 Å².